The third-order valence-electron chi connectivity index (χ3n) is 3.71. The summed E-state index contributed by atoms with van der Waals surface area (Å²) in [4.78, 5) is 0. The minimum absolute atomic E-state index is 0.527. The number of nitrogens with two attached hydrogens (primary N) is 1. The Morgan fingerprint density at radius 3 is 1.96 bits per heavy atom. The maximum Gasteiger partial charge on any atom is 0.161 e. The Balaban J connectivity index is 1.56. The van der Waals surface area contributed by atoms with Crippen LogP contribution in [0.5, 0.6) is 11.5 Å². The van der Waals surface area contributed by atoms with Gasteiger partial charge in [-0.2, -0.15) is 0 Å². The smallest absolute Gasteiger partial charge is 0.161 e. The van der Waals surface area contributed by atoms with Gasteiger partial charge in [-0.15, -0.1) is 0 Å². The van der Waals surface area contributed by atoms with Crippen LogP contribution in [-0.2, 0) is 13.0 Å². The number of anilines is 1. The highest BCUT2D eigenvalue weighted by atomic mass is 16.5. The van der Waals surface area contributed by atoms with Crippen molar-refractivity contribution in [2.75, 3.05) is 12.3 Å². The fraction of sp³-hybridized carbons (Fsp3) is 0.143. The van der Waals surface area contributed by atoms with E-state index in [9.17, 15) is 0 Å². The fourth-order valence-corrected chi connectivity index (χ4v) is 2.39. The summed E-state index contributed by atoms with van der Waals surface area (Å²) >= 11 is 0. The minimum Gasteiger partial charge on any atom is -0.489 e. The van der Waals surface area contributed by atoms with Gasteiger partial charge in [0.1, 0.15) is 6.61 Å². The molecule has 3 heteroatoms. The Morgan fingerprint density at radius 1 is 0.625 bits per heavy atom. The molecule has 0 unspecified atom stereocenters. The largest absolute Gasteiger partial charge is 0.489 e. The molecule has 0 atom stereocenters. The first kappa shape index (κ1) is 15.9. The van der Waals surface area contributed by atoms with Crippen LogP contribution in [0.15, 0.2) is 78.9 Å². The van der Waals surface area contributed by atoms with Crippen LogP contribution in [-0.4, -0.2) is 6.61 Å². The molecule has 3 aromatic carbocycles. The highest BCUT2D eigenvalue weighted by Crippen LogP contribution is 2.27. The minimum atomic E-state index is 0.527. The van der Waals surface area contributed by atoms with Crippen LogP contribution in [0.25, 0.3) is 0 Å². The lowest BCUT2D eigenvalue weighted by Gasteiger charge is -2.13. The van der Waals surface area contributed by atoms with E-state index in [2.05, 4.69) is 0 Å². The summed E-state index contributed by atoms with van der Waals surface area (Å²) in [7, 11) is 0. The number of benzene rings is 3. The second kappa shape index (κ2) is 8.06. The summed E-state index contributed by atoms with van der Waals surface area (Å²) in [5.41, 5.74) is 8.81. The van der Waals surface area contributed by atoms with E-state index in [1.165, 1.54) is 5.56 Å². The van der Waals surface area contributed by atoms with Crippen LogP contribution in [0.1, 0.15) is 11.1 Å². The monoisotopic (exact) mass is 319 g/mol. The van der Waals surface area contributed by atoms with E-state index in [0.29, 0.717) is 13.2 Å². The van der Waals surface area contributed by atoms with Crippen molar-refractivity contribution in [1.29, 1.82) is 0 Å². The van der Waals surface area contributed by atoms with Gasteiger partial charge in [-0.1, -0.05) is 54.6 Å². The molecule has 0 spiro atoms. The molecule has 3 nitrogen and oxygen atoms in total. The summed E-state index contributed by atoms with van der Waals surface area (Å²) in [6.45, 7) is 1.12. The molecule has 0 saturated carbocycles. The van der Waals surface area contributed by atoms with E-state index in [1.54, 1.807) is 0 Å². The molecule has 2 N–H and O–H groups in total. The first-order valence-electron chi connectivity index (χ1n) is 8.04. The molecule has 24 heavy (non-hydrogen) atoms. The van der Waals surface area contributed by atoms with Crippen LogP contribution in [0, 0.1) is 0 Å². The lowest BCUT2D eigenvalue weighted by atomic mass is 10.1. The highest BCUT2D eigenvalue weighted by Gasteiger charge is 2.05. The molecule has 0 aliphatic heterocycles. The summed E-state index contributed by atoms with van der Waals surface area (Å²) in [6, 6.07) is 25.7. The quantitative estimate of drug-likeness (QED) is 0.654. The SMILES string of the molecule is Nc1ccc(CCOc2ccccc2OCc2ccccc2)cc1. The van der Waals surface area contributed by atoms with Crippen LogP contribution in [0.2, 0.25) is 0 Å². The van der Waals surface area contributed by atoms with Gasteiger partial charge in [0.15, 0.2) is 11.5 Å². The van der Waals surface area contributed by atoms with Crippen molar-refractivity contribution in [3.8, 4) is 11.5 Å². The van der Waals surface area contributed by atoms with Gasteiger partial charge < -0.3 is 15.2 Å². The lowest BCUT2D eigenvalue weighted by Crippen LogP contribution is -2.04. The molecule has 3 rings (SSSR count). The van der Waals surface area contributed by atoms with Gasteiger partial charge in [0, 0.05) is 12.1 Å². The van der Waals surface area contributed by atoms with Crippen molar-refractivity contribution in [2.24, 2.45) is 0 Å². The number of hydrogen-bond acceptors (Lipinski definition) is 3. The predicted octanol–water partition coefficient (Wildman–Crippen LogP) is 4.47. The van der Waals surface area contributed by atoms with Gasteiger partial charge in [0.2, 0.25) is 0 Å². The van der Waals surface area contributed by atoms with Crippen LogP contribution < -0.4 is 15.2 Å². The zero-order valence-electron chi connectivity index (χ0n) is 13.5. The molecule has 122 valence electrons. The van der Waals surface area contributed by atoms with E-state index in [0.717, 1.165) is 29.2 Å². The summed E-state index contributed by atoms with van der Waals surface area (Å²) < 4.78 is 11.8. The molecule has 0 aromatic heterocycles. The Morgan fingerprint density at radius 2 is 1.25 bits per heavy atom. The molecule has 0 aliphatic carbocycles. The second-order valence-corrected chi connectivity index (χ2v) is 5.56. The summed E-state index contributed by atoms with van der Waals surface area (Å²) in [5.74, 6) is 1.53. The molecule has 0 aliphatic rings. The fourth-order valence-electron chi connectivity index (χ4n) is 2.39. The number of nitrogen functional groups attached to an aromatic ring is 1. The molecular weight excluding hydrogens is 298 g/mol. The standard InChI is InChI=1S/C21H21NO2/c22-19-12-10-17(11-13-19)14-15-23-20-8-4-5-9-21(20)24-16-18-6-2-1-3-7-18/h1-13H,14-16,22H2. The average Bonchev–Trinajstić information content (AvgIpc) is 2.63. The van der Waals surface area contributed by atoms with Crippen LogP contribution >= 0.6 is 0 Å². The van der Waals surface area contributed by atoms with Gasteiger partial charge in [-0.3, -0.25) is 0 Å². The van der Waals surface area contributed by atoms with E-state index in [1.807, 2.05) is 78.9 Å². The third kappa shape index (κ3) is 4.53. The highest BCUT2D eigenvalue weighted by molar-refractivity contribution is 5.40. The van der Waals surface area contributed by atoms with Gasteiger partial charge in [0.05, 0.1) is 6.61 Å². The van der Waals surface area contributed by atoms with Crippen molar-refractivity contribution in [2.45, 2.75) is 13.0 Å². The van der Waals surface area contributed by atoms with Crippen molar-refractivity contribution >= 4 is 5.69 Å². The molecule has 0 fully saturated rings. The molecule has 3 aromatic rings. The van der Waals surface area contributed by atoms with Gasteiger partial charge in [0.25, 0.3) is 0 Å². The predicted molar refractivity (Wildman–Crippen MR) is 97.3 cm³/mol. The summed E-state index contributed by atoms with van der Waals surface area (Å²) in [6.07, 6.45) is 0.827. The molecule has 0 bridgehead atoms. The normalized spacial score (nSPS) is 10.3. The molecule has 0 saturated heterocycles. The van der Waals surface area contributed by atoms with E-state index in [-0.39, 0.29) is 0 Å². The van der Waals surface area contributed by atoms with Crippen LogP contribution in [0.3, 0.4) is 0 Å². The summed E-state index contributed by atoms with van der Waals surface area (Å²) in [5, 5.41) is 0. The van der Waals surface area contributed by atoms with Gasteiger partial charge >= 0.3 is 0 Å². The van der Waals surface area contributed by atoms with Crippen molar-refractivity contribution < 1.29 is 9.47 Å². The molecule has 0 heterocycles. The average molecular weight is 319 g/mol. The topological polar surface area (TPSA) is 44.5 Å². The maximum absolute atomic E-state index is 5.90. The number of para-hydroxylation sites is 2. The number of rotatable bonds is 7. The Bertz CT molecular complexity index is 754. The van der Waals surface area contributed by atoms with Gasteiger partial charge in [-0.05, 0) is 35.4 Å². The van der Waals surface area contributed by atoms with E-state index in [4.69, 9.17) is 15.2 Å². The Kier molecular flexibility index (Phi) is 5.36. The Hall–Kier alpha value is -2.94. The zero-order chi connectivity index (χ0) is 16.6. The molecular formula is C21H21NO2. The number of ether oxygens (including phenoxy) is 2. The van der Waals surface area contributed by atoms with Crippen molar-refractivity contribution in [3.05, 3.63) is 90.0 Å². The maximum atomic E-state index is 5.90. The van der Waals surface area contributed by atoms with Crippen molar-refractivity contribution in [1.82, 2.24) is 0 Å². The first-order valence-corrected chi connectivity index (χ1v) is 8.04. The van der Waals surface area contributed by atoms with Crippen molar-refractivity contribution in [3.63, 3.8) is 0 Å². The van der Waals surface area contributed by atoms with Crippen LogP contribution in [0.4, 0.5) is 5.69 Å². The molecule has 0 amide bonds. The second-order valence-electron chi connectivity index (χ2n) is 5.56. The zero-order valence-corrected chi connectivity index (χ0v) is 13.5. The Labute approximate surface area is 142 Å². The lowest BCUT2D eigenvalue weighted by molar-refractivity contribution is 0.263. The van der Waals surface area contributed by atoms with Gasteiger partial charge in [-0.25, -0.2) is 0 Å². The van der Waals surface area contributed by atoms with E-state index < -0.39 is 0 Å². The third-order valence-corrected chi connectivity index (χ3v) is 3.71. The number of hydrogen-bond donors (Lipinski definition) is 1. The first-order chi connectivity index (χ1) is 11.8. The molecule has 0 radical (unpaired) electrons. The van der Waals surface area contributed by atoms with E-state index >= 15 is 0 Å².